The minimum atomic E-state index is -1.63. The van der Waals surface area contributed by atoms with E-state index in [1.165, 1.54) is 4.90 Å². The van der Waals surface area contributed by atoms with Gasteiger partial charge in [0.15, 0.2) is 0 Å². The maximum absolute atomic E-state index is 16.8. The van der Waals surface area contributed by atoms with Gasteiger partial charge >= 0.3 is 6.09 Å². The molecule has 1 spiro atoms. The van der Waals surface area contributed by atoms with Crippen LogP contribution in [0.15, 0.2) is 30.4 Å². The predicted molar refractivity (Wildman–Crippen MR) is 201 cm³/mol. The van der Waals surface area contributed by atoms with Crippen LogP contribution >= 0.6 is 0 Å². The maximum atomic E-state index is 16.8. The number of hydrogen-bond donors (Lipinski definition) is 3. The molecule has 14 heteroatoms. The summed E-state index contributed by atoms with van der Waals surface area (Å²) in [6, 6.07) is 3.62. The first-order valence-electron chi connectivity index (χ1n) is 19.4. The molecule has 1 unspecified atom stereocenters. The summed E-state index contributed by atoms with van der Waals surface area (Å²) in [6.07, 6.45) is 6.88. The Labute approximate surface area is 319 Å². The van der Waals surface area contributed by atoms with Crippen molar-refractivity contribution in [1.29, 1.82) is 0 Å². The summed E-state index contributed by atoms with van der Waals surface area (Å²) in [4.78, 5) is 62.2. The minimum Gasteiger partial charge on any atom is -0.593 e. The standard InChI is InChI=1S/C40H52FN5O7S/c1-6-25-14-15-29-27(18-25)32-28(41)20-39(53-33(32)24(4)42-29)21-31-34(47)44-40(36(49)45-54(51)38(5)16-17-38)19-26(40)12-10-8-7-9-11-13-30(35(48)46(31)22-39)43-37(50)52-23(2)3/h10,12,14-15,18,23,26,28,30-31H,6-9,11,13,16-17,19-22H2,1-5H3,(H,43,50)(H,44,47)(H,45,49)/b12-10-/t26-,28?,30+,31+,39-,40-,54-/m1/s1. The van der Waals surface area contributed by atoms with Gasteiger partial charge in [-0.2, -0.15) is 4.72 Å². The number of alkyl carbamates (subject to hydrolysis) is 1. The van der Waals surface area contributed by atoms with Crippen LogP contribution < -0.4 is 20.1 Å². The van der Waals surface area contributed by atoms with Crippen molar-refractivity contribution in [1.82, 2.24) is 25.2 Å². The normalized spacial score (nSPS) is 31.5. The molecule has 7 atom stereocenters. The van der Waals surface area contributed by atoms with Crippen LogP contribution in [0, 0.1) is 12.8 Å². The lowest BCUT2D eigenvalue weighted by Crippen LogP contribution is -2.58. The molecular weight excluding hydrogens is 714 g/mol. The number of halogens is 1. The number of pyridine rings is 1. The van der Waals surface area contributed by atoms with Gasteiger partial charge in [-0.15, -0.1) is 0 Å². The van der Waals surface area contributed by atoms with Crippen LogP contribution in [0.1, 0.15) is 115 Å². The molecule has 1 aromatic carbocycles. The molecule has 2 aliphatic carbocycles. The first-order chi connectivity index (χ1) is 25.7. The number of carbonyl (C=O) groups excluding carboxylic acids is 4. The topological polar surface area (TPSA) is 162 Å². The van der Waals surface area contributed by atoms with Gasteiger partial charge < -0.3 is 29.6 Å². The van der Waals surface area contributed by atoms with Crippen LogP contribution in [0.25, 0.3) is 10.9 Å². The highest BCUT2D eigenvalue weighted by Gasteiger charge is 2.64. The van der Waals surface area contributed by atoms with Crippen molar-refractivity contribution in [2.75, 3.05) is 6.54 Å². The van der Waals surface area contributed by atoms with Crippen LogP contribution in [0.4, 0.5) is 9.18 Å². The van der Waals surface area contributed by atoms with E-state index in [9.17, 15) is 23.7 Å². The monoisotopic (exact) mass is 765 g/mol. The fourth-order valence-electron chi connectivity index (χ4n) is 8.27. The zero-order valence-electron chi connectivity index (χ0n) is 31.8. The Morgan fingerprint density at radius 3 is 2.69 bits per heavy atom. The van der Waals surface area contributed by atoms with Gasteiger partial charge in [-0.3, -0.25) is 14.4 Å². The average molecular weight is 766 g/mol. The highest BCUT2D eigenvalue weighted by Crippen LogP contribution is 2.51. The number of aryl methyl sites for hydroxylation is 2. The van der Waals surface area contributed by atoms with Crippen molar-refractivity contribution >= 4 is 46.1 Å². The van der Waals surface area contributed by atoms with E-state index >= 15 is 4.39 Å². The van der Waals surface area contributed by atoms with E-state index in [-0.39, 0.29) is 25.3 Å². The Morgan fingerprint density at radius 1 is 1.19 bits per heavy atom. The molecule has 1 saturated heterocycles. The van der Waals surface area contributed by atoms with E-state index in [2.05, 4.69) is 15.4 Å². The minimum absolute atomic E-state index is 0.0533. The molecule has 54 heavy (non-hydrogen) atoms. The number of nitrogens with zero attached hydrogens (tertiary/aromatic N) is 2. The maximum Gasteiger partial charge on any atom is 0.408 e. The highest BCUT2D eigenvalue weighted by molar-refractivity contribution is 7.91. The van der Waals surface area contributed by atoms with Gasteiger partial charge in [0, 0.05) is 42.6 Å². The first-order valence-corrected chi connectivity index (χ1v) is 20.6. The molecule has 0 radical (unpaired) electrons. The van der Waals surface area contributed by atoms with Gasteiger partial charge in [0.05, 0.1) is 35.2 Å². The smallest absolute Gasteiger partial charge is 0.408 e. The molecule has 292 valence electrons. The van der Waals surface area contributed by atoms with Crippen LogP contribution in [-0.2, 0) is 36.9 Å². The summed E-state index contributed by atoms with van der Waals surface area (Å²) in [5, 5.41) is 6.39. The van der Waals surface area contributed by atoms with Crippen LogP contribution in [0.5, 0.6) is 5.75 Å². The Morgan fingerprint density at radius 2 is 1.96 bits per heavy atom. The Hall–Kier alpha value is -3.91. The number of rotatable bonds is 6. The molecule has 2 aromatic rings. The third-order valence-electron chi connectivity index (χ3n) is 11.8. The number of alkyl halides is 1. The lowest BCUT2D eigenvalue weighted by molar-refractivity contribution is -0.141. The zero-order valence-corrected chi connectivity index (χ0v) is 32.6. The number of amides is 4. The average Bonchev–Trinajstić information content (AvgIpc) is 4.01. The number of nitrogens with one attached hydrogen (secondary N) is 3. The lowest BCUT2D eigenvalue weighted by Gasteiger charge is -2.38. The number of carbonyl (C=O) groups is 4. The molecule has 1 aromatic heterocycles. The second kappa shape index (κ2) is 14.6. The third-order valence-corrected chi connectivity index (χ3v) is 13.5. The lowest BCUT2D eigenvalue weighted by atomic mass is 9.85. The van der Waals surface area contributed by atoms with E-state index in [1.807, 2.05) is 44.2 Å². The largest absolute Gasteiger partial charge is 0.593 e. The molecule has 2 saturated carbocycles. The van der Waals surface area contributed by atoms with E-state index in [4.69, 9.17) is 14.5 Å². The Balaban J connectivity index is 1.24. The van der Waals surface area contributed by atoms with Gasteiger partial charge in [0.2, 0.25) is 11.8 Å². The summed E-state index contributed by atoms with van der Waals surface area (Å²) in [5.74, 6) is -1.67. The molecule has 12 nitrogen and oxygen atoms in total. The second-order valence-electron chi connectivity index (χ2n) is 16.4. The number of aromatic nitrogens is 1. The van der Waals surface area contributed by atoms with Gasteiger partial charge in [-0.25, -0.2) is 14.2 Å². The fraction of sp³-hybridized carbons (Fsp3) is 0.625. The van der Waals surface area contributed by atoms with E-state index in [1.54, 1.807) is 20.8 Å². The summed E-state index contributed by atoms with van der Waals surface area (Å²) < 4.78 is 44.2. The zero-order chi connectivity index (χ0) is 38.6. The molecule has 4 amide bonds. The first kappa shape index (κ1) is 38.4. The van der Waals surface area contributed by atoms with Crippen molar-refractivity contribution in [3.8, 4) is 5.75 Å². The van der Waals surface area contributed by atoms with Gasteiger partial charge in [-0.1, -0.05) is 38.0 Å². The summed E-state index contributed by atoms with van der Waals surface area (Å²) in [7, 11) is 0. The van der Waals surface area contributed by atoms with Crippen molar-refractivity contribution in [2.24, 2.45) is 5.92 Å². The van der Waals surface area contributed by atoms with Crippen molar-refractivity contribution in [3.63, 3.8) is 0 Å². The summed E-state index contributed by atoms with van der Waals surface area (Å²) in [5.41, 5.74) is -0.0592. The van der Waals surface area contributed by atoms with Crippen LogP contribution in [0.3, 0.4) is 0 Å². The van der Waals surface area contributed by atoms with E-state index in [0.717, 1.165) is 44.1 Å². The van der Waals surface area contributed by atoms with Crippen molar-refractivity contribution < 1.29 is 37.6 Å². The Kier molecular flexibility index (Phi) is 10.4. The molecule has 0 bridgehead atoms. The predicted octanol–water partition coefficient (Wildman–Crippen LogP) is 5.47. The SMILES string of the molecule is CCc1ccc2nc(C)c3c(c2c1)C(F)C[C@]1(C[C@H]2C(=O)N[C@]4(C(=O)N[S@+]([O-])C5(C)CC5)C[C@H]4/C=C\CCCCC[C@H](NC(=O)OC(C)C)C(=O)N2C1)O3. The number of allylic oxidation sites excluding steroid dienone is 1. The van der Waals surface area contributed by atoms with E-state index < -0.39 is 75.4 Å². The van der Waals surface area contributed by atoms with Crippen LogP contribution in [0.2, 0.25) is 0 Å². The van der Waals surface area contributed by atoms with Gasteiger partial charge in [0.1, 0.15) is 39.9 Å². The fourth-order valence-corrected chi connectivity index (χ4v) is 9.34. The number of fused-ring (bicyclic) bond motifs is 5. The van der Waals surface area contributed by atoms with E-state index in [0.29, 0.717) is 47.2 Å². The second-order valence-corrected chi connectivity index (χ2v) is 18.2. The summed E-state index contributed by atoms with van der Waals surface area (Å²) in [6.45, 7) is 8.94. The van der Waals surface area contributed by atoms with Crippen molar-refractivity contribution in [3.05, 3.63) is 47.2 Å². The number of ether oxygens (including phenoxy) is 2. The molecule has 5 aliphatic rings. The van der Waals surface area contributed by atoms with Gasteiger partial charge in [0.25, 0.3) is 5.91 Å². The molecule has 3 aliphatic heterocycles. The molecule has 3 fully saturated rings. The third kappa shape index (κ3) is 7.39. The summed E-state index contributed by atoms with van der Waals surface area (Å²) >= 11 is -1.63. The van der Waals surface area contributed by atoms with Gasteiger partial charge in [-0.05, 0) is 77.5 Å². The number of hydrogen-bond acceptors (Lipinski definition) is 8. The molecule has 7 rings (SSSR count). The van der Waals surface area contributed by atoms with Crippen LogP contribution in [-0.4, -0.2) is 78.9 Å². The highest BCUT2D eigenvalue weighted by atomic mass is 32.2. The molecule has 4 heterocycles. The quantitative estimate of drug-likeness (QED) is 0.258. The molecular formula is C40H52FN5O7S. The molecule has 3 N–H and O–H groups in total. The van der Waals surface area contributed by atoms with Crippen molar-refractivity contribution in [2.45, 2.75) is 145 Å². The number of benzene rings is 1. The Bertz CT molecular complexity index is 1870.